The van der Waals surface area contributed by atoms with Crippen LogP contribution in [0.25, 0.3) is 0 Å². The van der Waals surface area contributed by atoms with Gasteiger partial charge in [-0.3, -0.25) is 0 Å². The number of aliphatic imine (C=N–C) groups is 1. The Labute approximate surface area is 141 Å². The highest BCUT2D eigenvalue weighted by atomic mass is 19.1. The van der Waals surface area contributed by atoms with Crippen LogP contribution in [0.5, 0.6) is 0 Å². The molecule has 1 saturated heterocycles. The molecule has 2 N–H and O–H groups in total. The first-order valence-corrected chi connectivity index (χ1v) is 8.26. The SMILES string of the molecule is OCCN1CCCNC(c2ccccc2)C1=Nc1ccc(F)cc1. The number of β-amino-alcohol motifs (C(OH)–C–C–N with tert-alkyl or cyclic N) is 1. The molecule has 0 saturated carbocycles. The summed E-state index contributed by atoms with van der Waals surface area (Å²) in [5.41, 5.74) is 1.84. The van der Waals surface area contributed by atoms with E-state index in [0.717, 1.165) is 30.9 Å². The van der Waals surface area contributed by atoms with Crippen LogP contribution in [0.15, 0.2) is 59.6 Å². The van der Waals surface area contributed by atoms with Crippen LogP contribution < -0.4 is 5.32 Å². The predicted molar refractivity (Wildman–Crippen MR) is 94.0 cm³/mol. The summed E-state index contributed by atoms with van der Waals surface area (Å²) in [6.45, 7) is 2.32. The molecule has 2 aromatic rings. The fourth-order valence-corrected chi connectivity index (χ4v) is 2.95. The van der Waals surface area contributed by atoms with Crippen molar-refractivity contribution in [3.8, 4) is 0 Å². The molecule has 0 aliphatic carbocycles. The Morgan fingerprint density at radius 1 is 1.12 bits per heavy atom. The highest BCUT2D eigenvalue weighted by Crippen LogP contribution is 2.23. The second-order valence-electron chi connectivity index (χ2n) is 5.81. The van der Waals surface area contributed by atoms with Crippen LogP contribution in [-0.2, 0) is 0 Å². The minimum atomic E-state index is -0.273. The van der Waals surface area contributed by atoms with Crippen LogP contribution >= 0.6 is 0 Å². The smallest absolute Gasteiger partial charge is 0.127 e. The molecule has 1 heterocycles. The van der Waals surface area contributed by atoms with Crippen molar-refractivity contribution in [1.82, 2.24) is 10.2 Å². The zero-order valence-corrected chi connectivity index (χ0v) is 13.5. The Kier molecular flexibility index (Phi) is 5.56. The Balaban J connectivity index is 2.01. The van der Waals surface area contributed by atoms with Crippen LogP contribution in [0.2, 0.25) is 0 Å². The van der Waals surface area contributed by atoms with E-state index < -0.39 is 0 Å². The third kappa shape index (κ3) is 3.99. The van der Waals surface area contributed by atoms with Gasteiger partial charge in [-0.2, -0.15) is 0 Å². The van der Waals surface area contributed by atoms with Crippen LogP contribution in [0.4, 0.5) is 10.1 Å². The number of nitrogens with one attached hydrogen (secondary N) is 1. The summed E-state index contributed by atoms with van der Waals surface area (Å²) in [5, 5.41) is 13.0. The Bertz CT molecular complexity index is 673. The number of hydrogen-bond donors (Lipinski definition) is 2. The average molecular weight is 327 g/mol. The molecule has 0 spiro atoms. The van der Waals surface area contributed by atoms with Crippen molar-refractivity contribution in [3.63, 3.8) is 0 Å². The van der Waals surface area contributed by atoms with Gasteiger partial charge in [-0.25, -0.2) is 9.38 Å². The number of aliphatic hydroxyl groups is 1. The van der Waals surface area contributed by atoms with Crippen LogP contribution in [0.1, 0.15) is 18.0 Å². The van der Waals surface area contributed by atoms with E-state index in [9.17, 15) is 9.50 Å². The van der Waals surface area contributed by atoms with Gasteiger partial charge in [0.25, 0.3) is 0 Å². The van der Waals surface area contributed by atoms with Crippen molar-refractivity contribution in [2.45, 2.75) is 12.5 Å². The molecule has 1 aliphatic rings. The molecule has 3 rings (SSSR count). The molecule has 4 nitrogen and oxygen atoms in total. The Hall–Kier alpha value is -2.24. The number of benzene rings is 2. The molecule has 126 valence electrons. The van der Waals surface area contributed by atoms with E-state index in [2.05, 4.69) is 22.3 Å². The first-order chi connectivity index (χ1) is 11.8. The summed E-state index contributed by atoms with van der Waals surface area (Å²) in [5.74, 6) is 0.587. The lowest BCUT2D eigenvalue weighted by molar-refractivity contribution is 0.249. The van der Waals surface area contributed by atoms with Gasteiger partial charge in [-0.1, -0.05) is 30.3 Å². The zero-order valence-electron chi connectivity index (χ0n) is 13.5. The second kappa shape index (κ2) is 8.04. The van der Waals surface area contributed by atoms with Gasteiger partial charge in [0, 0.05) is 13.1 Å². The van der Waals surface area contributed by atoms with Gasteiger partial charge in [-0.15, -0.1) is 0 Å². The maximum absolute atomic E-state index is 13.2. The maximum Gasteiger partial charge on any atom is 0.127 e. The van der Waals surface area contributed by atoms with Crippen LogP contribution in [0, 0.1) is 5.82 Å². The van der Waals surface area contributed by atoms with Crippen molar-refractivity contribution in [3.05, 3.63) is 66.0 Å². The summed E-state index contributed by atoms with van der Waals surface area (Å²) in [7, 11) is 0. The quantitative estimate of drug-likeness (QED) is 0.908. The largest absolute Gasteiger partial charge is 0.395 e. The van der Waals surface area contributed by atoms with Crippen molar-refractivity contribution in [1.29, 1.82) is 0 Å². The van der Waals surface area contributed by atoms with Crippen molar-refractivity contribution in [2.24, 2.45) is 4.99 Å². The van der Waals surface area contributed by atoms with Crippen molar-refractivity contribution >= 4 is 11.5 Å². The van der Waals surface area contributed by atoms with E-state index in [1.165, 1.54) is 12.1 Å². The molecule has 5 heteroatoms. The van der Waals surface area contributed by atoms with E-state index in [4.69, 9.17) is 4.99 Å². The summed E-state index contributed by atoms with van der Waals surface area (Å²) in [4.78, 5) is 6.89. The molecule has 2 aromatic carbocycles. The summed E-state index contributed by atoms with van der Waals surface area (Å²) < 4.78 is 13.2. The minimum Gasteiger partial charge on any atom is -0.395 e. The van der Waals surface area contributed by atoms with Gasteiger partial charge < -0.3 is 15.3 Å². The fraction of sp³-hybridized carbons (Fsp3) is 0.316. The molecule has 24 heavy (non-hydrogen) atoms. The standard InChI is InChI=1S/C19H22FN3O/c20-16-7-9-17(10-8-16)22-19-18(15-5-2-1-3-6-15)21-11-4-12-23(19)13-14-24/h1-3,5-10,18,21,24H,4,11-14H2. The number of nitrogens with zero attached hydrogens (tertiary/aromatic N) is 2. The van der Waals surface area contributed by atoms with Gasteiger partial charge in [0.05, 0.1) is 18.3 Å². The lowest BCUT2D eigenvalue weighted by Crippen LogP contribution is -2.39. The lowest BCUT2D eigenvalue weighted by Gasteiger charge is -2.28. The maximum atomic E-state index is 13.2. The lowest BCUT2D eigenvalue weighted by atomic mass is 10.1. The molecular formula is C19H22FN3O. The number of halogens is 1. The molecule has 1 atom stereocenters. The highest BCUT2D eigenvalue weighted by molar-refractivity contribution is 5.91. The number of aliphatic hydroxyl groups excluding tert-OH is 1. The van der Waals surface area contributed by atoms with Gasteiger partial charge in [-0.05, 0) is 42.8 Å². The third-order valence-corrected chi connectivity index (χ3v) is 4.11. The summed E-state index contributed by atoms with van der Waals surface area (Å²) in [6.07, 6.45) is 0.978. The van der Waals surface area contributed by atoms with Gasteiger partial charge in [0.2, 0.25) is 0 Å². The predicted octanol–water partition coefficient (Wildman–Crippen LogP) is 2.88. The monoisotopic (exact) mass is 327 g/mol. The van der Waals surface area contributed by atoms with E-state index in [-0.39, 0.29) is 18.5 Å². The number of hydrogen-bond acceptors (Lipinski definition) is 3. The van der Waals surface area contributed by atoms with Gasteiger partial charge in [0.1, 0.15) is 11.7 Å². The fourth-order valence-electron chi connectivity index (χ4n) is 2.95. The number of amidine groups is 1. The summed E-state index contributed by atoms with van der Waals surface area (Å²) in [6, 6.07) is 16.3. The minimum absolute atomic E-state index is 0.0506. The molecule has 0 amide bonds. The van der Waals surface area contributed by atoms with Crippen molar-refractivity contribution < 1.29 is 9.50 Å². The summed E-state index contributed by atoms with van der Waals surface area (Å²) >= 11 is 0. The molecular weight excluding hydrogens is 305 g/mol. The van der Waals surface area contributed by atoms with E-state index >= 15 is 0 Å². The molecule has 1 fully saturated rings. The van der Waals surface area contributed by atoms with Crippen molar-refractivity contribution in [2.75, 3.05) is 26.2 Å². The molecule has 0 radical (unpaired) electrons. The van der Waals surface area contributed by atoms with E-state index in [0.29, 0.717) is 12.2 Å². The Morgan fingerprint density at radius 3 is 2.58 bits per heavy atom. The zero-order chi connectivity index (χ0) is 16.8. The van der Waals surface area contributed by atoms with Gasteiger partial charge in [0.15, 0.2) is 0 Å². The van der Waals surface area contributed by atoms with E-state index in [1.54, 1.807) is 12.1 Å². The highest BCUT2D eigenvalue weighted by Gasteiger charge is 2.25. The van der Waals surface area contributed by atoms with Crippen LogP contribution in [0.3, 0.4) is 0 Å². The topological polar surface area (TPSA) is 47.9 Å². The van der Waals surface area contributed by atoms with E-state index in [1.807, 2.05) is 18.2 Å². The first kappa shape index (κ1) is 16.6. The van der Waals surface area contributed by atoms with Gasteiger partial charge >= 0.3 is 0 Å². The van der Waals surface area contributed by atoms with Crippen LogP contribution in [-0.4, -0.2) is 42.1 Å². The molecule has 0 aromatic heterocycles. The molecule has 1 aliphatic heterocycles. The molecule has 0 bridgehead atoms. The average Bonchev–Trinajstić information content (AvgIpc) is 2.81. The normalized spacial score (nSPS) is 20.2. The number of rotatable bonds is 4. The first-order valence-electron chi connectivity index (χ1n) is 8.26. The second-order valence-corrected chi connectivity index (χ2v) is 5.81. The third-order valence-electron chi connectivity index (χ3n) is 4.11. The Morgan fingerprint density at radius 2 is 1.88 bits per heavy atom. The molecule has 1 unspecified atom stereocenters.